The first kappa shape index (κ1) is 14.2. The summed E-state index contributed by atoms with van der Waals surface area (Å²) in [5, 5.41) is 3.23. The van der Waals surface area contributed by atoms with Gasteiger partial charge in [-0.05, 0) is 31.9 Å². The first-order valence-corrected chi connectivity index (χ1v) is 6.41. The van der Waals surface area contributed by atoms with Crippen LogP contribution in [0.3, 0.4) is 0 Å². The van der Waals surface area contributed by atoms with Crippen LogP contribution in [0.5, 0.6) is 0 Å². The Hall–Kier alpha value is 0.170. The average Bonchev–Trinajstić information content (AvgIpc) is 2.13. The van der Waals surface area contributed by atoms with Crippen LogP contribution < -0.4 is 5.32 Å². The number of thiol groups is 2. The molecule has 0 aromatic heterocycles. The molecule has 0 aliphatic rings. The Labute approximate surface area is 98.0 Å². The molecular weight excluding hydrogens is 214 g/mol. The van der Waals surface area contributed by atoms with E-state index in [0.717, 1.165) is 38.0 Å². The summed E-state index contributed by atoms with van der Waals surface area (Å²) in [6, 6.07) is 0. The minimum absolute atomic E-state index is 0.164. The van der Waals surface area contributed by atoms with Gasteiger partial charge >= 0.3 is 0 Å². The van der Waals surface area contributed by atoms with Crippen LogP contribution in [0.15, 0.2) is 0 Å². The molecule has 1 N–H and O–H groups in total. The topological polar surface area (TPSA) is 29.1 Å². The van der Waals surface area contributed by atoms with Gasteiger partial charge in [0.05, 0.1) is 0 Å². The Kier molecular flexibility index (Phi) is 9.83. The van der Waals surface area contributed by atoms with Crippen LogP contribution in [0.2, 0.25) is 0 Å². The lowest BCUT2D eigenvalue weighted by Crippen LogP contribution is -2.22. The molecule has 0 spiro atoms. The van der Waals surface area contributed by atoms with Gasteiger partial charge in [0, 0.05) is 18.2 Å². The van der Waals surface area contributed by atoms with Crippen molar-refractivity contribution in [3.8, 4) is 0 Å². The summed E-state index contributed by atoms with van der Waals surface area (Å²) in [4.78, 5) is 11.1. The molecule has 2 nitrogen and oxygen atoms in total. The van der Waals surface area contributed by atoms with E-state index in [1.165, 1.54) is 0 Å². The monoisotopic (exact) mass is 235 g/mol. The van der Waals surface area contributed by atoms with Gasteiger partial charge in [-0.2, -0.15) is 25.3 Å². The van der Waals surface area contributed by atoms with Crippen LogP contribution in [0.1, 0.15) is 39.0 Å². The molecule has 0 aliphatic heterocycles. The summed E-state index contributed by atoms with van der Waals surface area (Å²) in [7, 11) is 0. The van der Waals surface area contributed by atoms with Gasteiger partial charge in [-0.15, -0.1) is 0 Å². The van der Waals surface area contributed by atoms with Gasteiger partial charge in [0.25, 0.3) is 0 Å². The highest BCUT2D eigenvalue weighted by Gasteiger charge is 2.03. The van der Waals surface area contributed by atoms with Gasteiger partial charge in [-0.1, -0.05) is 6.42 Å². The van der Waals surface area contributed by atoms with Crippen molar-refractivity contribution in [2.45, 2.75) is 44.3 Å². The van der Waals surface area contributed by atoms with Crippen molar-refractivity contribution in [3.05, 3.63) is 0 Å². The third kappa shape index (κ3) is 8.75. The van der Waals surface area contributed by atoms with Crippen LogP contribution in [0.25, 0.3) is 0 Å². The number of carbonyl (C=O) groups is 1. The normalized spacial score (nSPS) is 12.5. The van der Waals surface area contributed by atoms with E-state index in [1.54, 1.807) is 0 Å². The van der Waals surface area contributed by atoms with Crippen LogP contribution in [-0.2, 0) is 4.79 Å². The third-order valence-electron chi connectivity index (χ3n) is 2.03. The standard InChI is InChI=1S/C10H21NOS2/c1-2-11-10(12)6-4-3-5-9(14)7-8-13/h9,13-14H,2-8H2,1H3,(H,11,12). The molecule has 84 valence electrons. The zero-order valence-corrected chi connectivity index (χ0v) is 10.6. The van der Waals surface area contributed by atoms with E-state index in [9.17, 15) is 4.79 Å². The van der Waals surface area contributed by atoms with Crippen LogP contribution >= 0.6 is 25.3 Å². The van der Waals surface area contributed by atoms with E-state index in [1.807, 2.05) is 6.92 Å². The van der Waals surface area contributed by atoms with Gasteiger partial charge in [-0.25, -0.2) is 0 Å². The molecule has 0 fully saturated rings. The average molecular weight is 235 g/mol. The molecule has 14 heavy (non-hydrogen) atoms. The summed E-state index contributed by atoms with van der Waals surface area (Å²) in [5.41, 5.74) is 0. The lowest BCUT2D eigenvalue weighted by molar-refractivity contribution is -0.121. The van der Waals surface area contributed by atoms with E-state index in [0.29, 0.717) is 11.7 Å². The van der Waals surface area contributed by atoms with E-state index in [2.05, 4.69) is 30.6 Å². The van der Waals surface area contributed by atoms with Crippen molar-refractivity contribution < 1.29 is 4.79 Å². The number of hydrogen-bond donors (Lipinski definition) is 3. The lowest BCUT2D eigenvalue weighted by atomic mass is 10.1. The number of nitrogens with one attached hydrogen (secondary N) is 1. The molecule has 0 aromatic rings. The Morgan fingerprint density at radius 1 is 1.36 bits per heavy atom. The van der Waals surface area contributed by atoms with E-state index >= 15 is 0 Å². The largest absolute Gasteiger partial charge is 0.356 e. The number of hydrogen-bond acceptors (Lipinski definition) is 3. The molecule has 1 unspecified atom stereocenters. The van der Waals surface area contributed by atoms with Crippen LogP contribution in [-0.4, -0.2) is 23.5 Å². The molecule has 4 heteroatoms. The fourth-order valence-electron chi connectivity index (χ4n) is 1.24. The Morgan fingerprint density at radius 2 is 2.07 bits per heavy atom. The quantitative estimate of drug-likeness (QED) is 0.437. The van der Waals surface area contributed by atoms with Crippen molar-refractivity contribution in [1.29, 1.82) is 0 Å². The maximum Gasteiger partial charge on any atom is 0.219 e. The summed E-state index contributed by atoms with van der Waals surface area (Å²) in [6.07, 6.45) is 4.83. The molecule has 1 atom stereocenters. The Balaban J connectivity index is 3.24. The number of unbranched alkanes of at least 4 members (excludes halogenated alkanes) is 1. The molecule has 0 aromatic carbocycles. The second kappa shape index (κ2) is 9.71. The van der Waals surface area contributed by atoms with E-state index in [4.69, 9.17) is 0 Å². The van der Waals surface area contributed by atoms with Gasteiger partial charge < -0.3 is 5.32 Å². The molecule has 0 saturated carbocycles. The fourth-order valence-corrected chi connectivity index (χ4v) is 2.07. The summed E-state index contributed by atoms with van der Waals surface area (Å²) in [5.74, 6) is 1.06. The van der Waals surface area contributed by atoms with Crippen molar-refractivity contribution in [2.75, 3.05) is 12.3 Å². The lowest BCUT2D eigenvalue weighted by Gasteiger charge is -2.08. The van der Waals surface area contributed by atoms with Crippen molar-refractivity contribution >= 4 is 31.2 Å². The smallest absolute Gasteiger partial charge is 0.219 e. The van der Waals surface area contributed by atoms with Crippen LogP contribution in [0, 0.1) is 0 Å². The van der Waals surface area contributed by atoms with E-state index in [-0.39, 0.29) is 5.91 Å². The second-order valence-corrected chi connectivity index (χ2v) is 4.54. The molecule has 0 bridgehead atoms. The van der Waals surface area contributed by atoms with E-state index < -0.39 is 0 Å². The van der Waals surface area contributed by atoms with Gasteiger partial charge in [0.15, 0.2) is 0 Å². The van der Waals surface area contributed by atoms with Gasteiger partial charge in [-0.3, -0.25) is 4.79 Å². The first-order chi connectivity index (χ1) is 6.70. The van der Waals surface area contributed by atoms with Crippen molar-refractivity contribution in [3.63, 3.8) is 0 Å². The van der Waals surface area contributed by atoms with Crippen LogP contribution in [0.4, 0.5) is 0 Å². The highest BCUT2D eigenvalue weighted by molar-refractivity contribution is 7.81. The number of rotatable bonds is 8. The summed E-state index contributed by atoms with van der Waals surface area (Å²) in [6.45, 7) is 2.67. The molecular formula is C10H21NOS2. The predicted molar refractivity (Wildman–Crippen MR) is 68.4 cm³/mol. The summed E-state index contributed by atoms with van der Waals surface area (Å²) >= 11 is 8.58. The second-order valence-electron chi connectivity index (χ2n) is 3.37. The van der Waals surface area contributed by atoms with Crippen molar-refractivity contribution in [1.82, 2.24) is 5.32 Å². The SMILES string of the molecule is CCNC(=O)CCCCC(S)CCS. The zero-order chi connectivity index (χ0) is 10.8. The molecule has 0 radical (unpaired) electrons. The zero-order valence-electron chi connectivity index (χ0n) is 8.83. The maximum absolute atomic E-state index is 11.1. The minimum Gasteiger partial charge on any atom is -0.356 e. The van der Waals surface area contributed by atoms with Gasteiger partial charge in [0.1, 0.15) is 0 Å². The maximum atomic E-state index is 11.1. The van der Waals surface area contributed by atoms with Crippen molar-refractivity contribution in [2.24, 2.45) is 0 Å². The molecule has 1 amide bonds. The number of amides is 1. The van der Waals surface area contributed by atoms with Gasteiger partial charge in [0.2, 0.25) is 5.91 Å². The Morgan fingerprint density at radius 3 is 2.64 bits per heavy atom. The molecule has 0 saturated heterocycles. The highest BCUT2D eigenvalue weighted by Crippen LogP contribution is 2.12. The Bertz CT molecular complexity index is 153. The molecule has 0 aliphatic carbocycles. The summed E-state index contributed by atoms with van der Waals surface area (Å²) < 4.78 is 0. The third-order valence-corrected chi connectivity index (χ3v) is 2.80. The predicted octanol–water partition coefficient (Wildman–Crippen LogP) is 2.30. The fraction of sp³-hybridized carbons (Fsp3) is 0.900. The first-order valence-electron chi connectivity index (χ1n) is 5.26. The number of carbonyl (C=O) groups excluding carboxylic acids is 1. The highest BCUT2D eigenvalue weighted by atomic mass is 32.1. The minimum atomic E-state index is 0.164. The molecule has 0 rings (SSSR count). The molecule has 0 heterocycles.